The van der Waals surface area contributed by atoms with Crippen LogP contribution >= 0.6 is 0 Å². The SMILES string of the molecule is CC(C)C[C@@H]1NC(=O)[C@@H]2CCCN2C(=O)CNC2(CNC2)CNC1=O. The van der Waals surface area contributed by atoms with Gasteiger partial charge in [-0.2, -0.15) is 0 Å². The van der Waals surface area contributed by atoms with E-state index in [4.69, 9.17) is 0 Å². The first-order chi connectivity index (χ1) is 11.9. The number of carbonyl (C=O) groups excluding carboxylic acids is 3. The molecule has 0 unspecified atom stereocenters. The van der Waals surface area contributed by atoms with Gasteiger partial charge in [-0.25, -0.2) is 0 Å². The van der Waals surface area contributed by atoms with Gasteiger partial charge in [0.15, 0.2) is 0 Å². The molecule has 0 aliphatic carbocycles. The standard InChI is InChI=1S/C17H29N5O3/c1-11(2)6-12-15(24)19-10-17(8-18-9-17)20-7-14(23)22-5-3-4-13(22)16(25)21-12/h11-13,18,20H,3-10H2,1-2H3,(H,19,24)(H,21,25)/t12-,13-/m0/s1. The van der Waals surface area contributed by atoms with Gasteiger partial charge in [0.2, 0.25) is 17.7 Å². The summed E-state index contributed by atoms with van der Waals surface area (Å²) in [5.74, 6) is -0.127. The third-order valence-electron chi connectivity index (χ3n) is 5.36. The predicted molar refractivity (Wildman–Crippen MR) is 92.7 cm³/mol. The number of nitrogens with zero attached hydrogens (tertiary/aromatic N) is 1. The van der Waals surface area contributed by atoms with Crippen LogP contribution in [0.4, 0.5) is 0 Å². The molecule has 3 heterocycles. The molecular formula is C17H29N5O3. The normalized spacial score (nSPS) is 30.2. The highest BCUT2D eigenvalue weighted by Gasteiger charge is 2.41. The lowest BCUT2D eigenvalue weighted by atomic mass is 9.91. The second kappa shape index (κ2) is 7.29. The number of nitrogens with one attached hydrogen (secondary N) is 4. The van der Waals surface area contributed by atoms with Crippen LogP contribution in [0.15, 0.2) is 0 Å². The second-order valence-corrected chi connectivity index (χ2v) is 7.89. The molecule has 2 atom stereocenters. The molecule has 0 aromatic rings. The Bertz CT molecular complexity index is 546. The Morgan fingerprint density at radius 2 is 1.92 bits per heavy atom. The summed E-state index contributed by atoms with van der Waals surface area (Å²) in [6.07, 6.45) is 2.05. The summed E-state index contributed by atoms with van der Waals surface area (Å²) in [7, 11) is 0. The van der Waals surface area contributed by atoms with E-state index in [2.05, 4.69) is 21.3 Å². The van der Waals surface area contributed by atoms with Crippen molar-refractivity contribution in [3.8, 4) is 0 Å². The summed E-state index contributed by atoms with van der Waals surface area (Å²) in [5, 5.41) is 12.4. The number of amides is 3. The van der Waals surface area contributed by atoms with E-state index < -0.39 is 12.1 Å². The van der Waals surface area contributed by atoms with Crippen LogP contribution in [-0.2, 0) is 14.4 Å². The third-order valence-corrected chi connectivity index (χ3v) is 5.36. The Morgan fingerprint density at radius 3 is 2.56 bits per heavy atom. The lowest BCUT2D eigenvalue weighted by molar-refractivity contribution is -0.139. The molecule has 0 radical (unpaired) electrons. The van der Waals surface area contributed by atoms with Gasteiger partial charge in [0.1, 0.15) is 12.1 Å². The van der Waals surface area contributed by atoms with Gasteiger partial charge in [-0.3, -0.25) is 19.7 Å². The van der Waals surface area contributed by atoms with Crippen molar-refractivity contribution in [1.82, 2.24) is 26.2 Å². The number of hydrogen-bond donors (Lipinski definition) is 4. The minimum atomic E-state index is -0.561. The highest BCUT2D eigenvalue weighted by atomic mass is 16.2. The van der Waals surface area contributed by atoms with E-state index in [1.807, 2.05) is 13.8 Å². The summed E-state index contributed by atoms with van der Waals surface area (Å²) >= 11 is 0. The van der Waals surface area contributed by atoms with Crippen LogP contribution < -0.4 is 21.3 Å². The van der Waals surface area contributed by atoms with Gasteiger partial charge in [0.25, 0.3) is 0 Å². The van der Waals surface area contributed by atoms with E-state index in [1.165, 1.54) is 0 Å². The topological polar surface area (TPSA) is 103 Å². The molecule has 8 heteroatoms. The van der Waals surface area contributed by atoms with Crippen LogP contribution in [0.5, 0.6) is 0 Å². The molecule has 3 fully saturated rings. The van der Waals surface area contributed by atoms with Gasteiger partial charge in [-0.15, -0.1) is 0 Å². The van der Waals surface area contributed by atoms with Crippen molar-refractivity contribution in [1.29, 1.82) is 0 Å². The van der Waals surface area contributed by atoms with E-state index in [-0.39, 0.29) is 35.7 Å². The van der Waals surface area contributed by atoms with Gasteiger partial charge >= 0.3 is 0 Å². The van der Waals surface area contributed by atoms with Crippen LogP contribution in [0, 0.1) is 5.92 Å². The molecule has 4 N–H and O–H groups in total. The molecule has 3 aliphatic heterocycles. The number of fused-ring (bicyclic) bond motifs is 1. The highest BCUT2D eigenvalue weighted by Crippen LogP contribution is 2.19. The zero-order chi connectivity index (χ0) is 18.0. The maximum atomic E-state index is 12.7. The summed E-state index contributed by atoms with van der Waals surface area (Å²) < 4.78 is 0. The highest BCUT2D eigenvalue weighted by molar-refractivity contribution is 5.93. The van der Waals surface area contributed by atoms with Crippen LogP contribution in [0.25, 0.3) is 0 Å². The van der Waals surface area contributed by atoms with Crippen molar-refractivity contribution in [2.24, 2.45) is 5.92 Å². The van der Waals surface area contributed by atoms with Gasteiger partial charge < -0.3 is 20.9 Å². The van der Waals surface area contributed by atoms with Gasteiger partial charge in [-0.1, -0.05) is 13.8 Å². The molecule has 0 aromatic carbocycles. The third kappa shape index (κ3) is 3.95. The second-order valence-electron chi connectivity index (χ2n) is 7.89. The lowest BCUT2D eigenvalue weighted by Crippen LogP contribution is -2.73. The summed E-state index contributed by atoms with van der Waals surface area (Å²) in [6, 6.07) is -1.03. The molecule has 3 aliphatic rings. The number of rotatable bonds is 2. The maximum Gasteiger partial charge on any atom is 0.243 e. The monoisotopic (exact) mass is 351 g/mol. The van der Waals surface area contributed by atoms with Gasteiger partial charge in [-0.05, 0) is 25.2 Å². The van der Waals surface area contributed by atoms with Gasteiger partial charge in [0.05, 0.1) is 12.1 Å². The average molecular weight is 351 g/mol. The Labute approximate surface area is 148 Å². The Balaban J connectivity index is 1.80. The Kier molecular flexibility index (Phi) is 5.29. The minimum Gasteiger partial charge on any atom is -0.352 e. The van der Waals surface area contributed by atoms with Crippen molar-refractivity contribution < 1.29 is 14.4 Å². The van der Waals surface area contributed by atoms with E-state index in [9.17, 15) is 14.4 Å². The van der Waals surface area contributed by atoms with Crippen molar-refractivity contribution in [3.63, 3.8) is 0 Å². The quantitative estimate of drug-likeness (QED) is 0.489. The van der Waals surface area contributed by atoms with Crippen LogP contribution in [0.1, 0.15) is 33.1 Å². The van der Waals surface area contributed by atoms with E-state index in [0.717, 1.165) is 6.42 Å². The summed E-state index contributed by atoms with van der Waals surface area (Å²) in [4.78, 5) is 39.6. The summed E-state index contributed by atoms with van der Waals surface area (Å²) in [5.41, 5.74) is -0.286. The lowest BCUT2D eigenvalue weighted by Gasteiger charge is -2.44. The smallest absolute Gasteiger partial charge is 0.243 e. The van der Waals surface area contributed by atoms with Crippen molar-refractivity contribution >= 4 is 17.7 Å². The number of hydrogen-bond acceptors (Lipinski definition) is 5. The average Bonchev–Trinajstić information content (AvgIpc) is 3.00. The van der Waals surface area contributed by atoms with Crippen molar-refractivity contribution in [2.75, 3.05) is 32.7 Å². The van der Waals surface area contributed by atoms with Crippen molar-refractivity contribution in [3.05, 3.63) is 0 Å². The predicted octanol–water partition coefficient (Wildman–Crippen LogP) is -1.43. The van der Waals surface area contributed by atoms with Crippen LogP contribution in [0.2, 0.25) is 0 Å². The molecule has 8 nitrogen and oxygen atoms in total. The first-order valence-electron chi connectivity index (χ1n) is 9.23. The largest absolute Gasteiger partial charge is 0.352 e. The Morgan fingerprint density at radius 1 is 1.16 bits per heavy atom. The zero-order valence-electron chi connectivity index (χ0n) is 15.1. The zero-order valence-corrected chi connectivity index (χ0v) is 15.1. The first kappa shape index (κ1) is 18.1. The minimum absolute atomic E-state index is 0.0452. The molecule has 0 aromatic heterocycles. The molecule has 0 bridgehead atoms. The van der Waals surface area contributed by atoms with E-state index in [0.29, 0.717) is 39.0 Å². The van der Waals surface area contributed by atoms with Crippen LogP contribution in [-0.4, -0.2) is 73.0 Å². The molecule has 0 saturated carbocycles. The maximum absolute atomic E-state index is 12.7. The fraction of sp³-hybridized carbons (Fsp3) is 0.824. The summed E-state index contributed by atoms with van der Waals surface area (Å²) in [6.45, 7) is 6.72. The molecular weight excluding hydrogens is 322 g/mol. The first-order valence-corrected chi connectivity index (χ1v) is 9.23. The fourth-order valence-electron chi connectivity index (χ4n) is 3.79. The molecule has 25 heavy (non-hydrogen) atoms. The molecule has 3 saturated heterocycles. The molecule has 1 spiro atoms. The molecule has 140 valence electrons. The fourth-order valence-corrected chi connectivity index (χ4v) is 3.79. The van der Waals surface area contributed by atoms with Crippen molar-refractivity contribution in [2.45, 2.75) is 50.7 Å². The number of carbonyl (C=O) groups is 3. The molecule has 3 rings (SSSR count). The van der Waals surface area contributed by atoms with E-state index >= 15 is 0 Å². The van der Waals surface area contributed by atoms with Gasteiger partial charge in [0, 0.05) is 26.2 Å². The van der Waals surface area contributed by atoms with Crippen LogP contribution in [0.3, 0.4) is 0 Å². The van der Waals surface area contributed by atoms with E-state index in [1.54, 1.807) is 4.90 Å². The Hall–Kier alpha value is -1.67. The molecule has 3 amide bonds.